The van der Waals surface area contributed by atoms with Crippen molar-refractivity contribution in [3.05, 3.63) is 23.0 Å². The fraction of sp³-hybridized carbons (Fsp3) is 0.455. The summed E-state index contributed by atoms with van der Waals surface area (Å²) >= 11 is 1.52. The van der Waals surface area contributed by atoms with Crippen LogP contribution in [0.4, 0.5) is 0 Å². The minimum absolute atomic E-state index is 0.0965. The number of imidazole rings is 1. The molecular formula is C11H16N4OS. The number of aromatic nitrogens is 2. The van der Waals surface area contributed by atoms with Gasteiger partial charge in [-0.05, 0) is 20.9 Å². The fourth-order valence-corrected chi connectivity index (χ4v) is 2.53. The molecule has 2 rings (SSSR count). The maximum absolute atomic E-state index is 12.2. The first-order valence-corrected chi connectivity index (χ1v) is 6.25. The Labute approximate surface area is 104 Å². The van der Waals surface area contributed by atoms with Crippen molar-refractivity contribution < 1.29 is 4.79 Å². The predicted octanol–water partition coefficient (Wildman–Crippen LogP) is 1.04. The van der Waals surface area contributed by atoms with E-state index >= 15 is 0 Å². The molecule has 0 spiro atoms. The molecule has 0 amide bonds. The zero-order valence-corrected chi connectivity index (χ0v) is 11.0. The number of thiazole rings is 1. The van der Waals surface area contributed by atoms with E-state index in [4.69, 9.17) is 5.73 Å². The number of carbonyl (C=O) groups excluding carboxylic acids is 1. The lowest BCUT2D eigenvalue weighted by Crippen LogP contribution is -2.42. The number of hydrogen-bond donors (Lipinski definition) is 2. The van der Waals surface area contributed by atoms with Gasteiger partial charge in [-0.1, -0.05) is 0 Å². The zero-order chi connectivity index (χ0) is 12.6. The first-order chi connectivity index (χ1) is 7.95. The molecule has 0 aliphatic carbocycles. The van der Waals surface area contributed by atoms with E-state index in [0.29, 0.717) is 12.2 Å². The van der Waals surface area contributed by atoms with E-state index in [1.165, 1.54) is 11.3 Å². The van der Waals surface area contributed by atoms with Crippen LogP contribution < -0.4 is 11.1 Å². The molecule has 0 aliphatic heterocycles. The van der Waals surface area contributed by atoms with E-state index in [2.05, 4.69) is 10.3 Å². The Morgan fingerprint density at radius 3 is 2.94 bits per heavy atom. The second-order valence-corrected chi connectivity index (χ2v) is 5.41. The van der Waals surface area contributed by atoms with E-state index in [1.54, 1.807) is 20.0 Å². The number of rotatable bonds is 4. The van der Waals surface area contributed by atoms with E-state index in [9.17, 15) is 4.79 Å². The molecule has 0 fully saturated rings. The third kappa shape index (κ3) is 2.11. The Morgan fingerprint density at radius 2 is 2.35 bits per heavy atom. The Bertz CT molecular complexity index is 549. The number of nitrogens with one attached hydrogen (secondary N) is 1. The van der Waals surface area contributed by atoms with Crippen molar-refractivity contribution >= 4 is 22.1 Å². The zero-order valence-electron chi connectivity index (χ0n) is 10.2. The van der Waals surface area contributed by atoms with Gasteiger partial charge in [0.25, 0.3) is 0 Å². The highest BCUT2D eigenvalue weighted by Gasteiger charge is 2.27. The summed E-state index contributed by atoms with van der Waals surface area (Å²) in [6, 6.07) is 0. The van der Waals surface area contributed by atoms with Crippen LogP contribution in [0.2, 0.25) is 0 Å². The summed E-state index contributed by atoms with van der Waals surface area (Å²) in [4.78, 5) is 17.2. The third-order valence-corrected chi connectivity index (χ3v) is 3.38. The summed E-state index contributed by atoms with van der Waals surface area (Å²) < 4.78 is 1.87. The van der Waals surface area contributed by atoms with Gasteiger partial charge >= 0.3 is 0 Å². The molecule has 0 aliphatic rings. The van der Waals surface area contributed by atoms with E-state index in [1.807, 2.05) is 16.8 Å². The first-order valence-electron chi connectivity index (χ1n) is 5.37. The number of Topliss-reactive ketones (excluding diaryl/α,β-unsaturated/α-hetero) is 1. The summed E-state index contributed by atoms with van der Waals surface area (Å²) in [5, 5.41) is 5.07. The van der Waals surface area contributed by atoms with Crippen LogP contribution in [0, 0.1) is 0 Å². The van der Waals surface area contributed by atoms with Crippen LogP contribution in [0.3, 0.4) is 0 Å². The van der Waals surface area contributed by atoms with Gasteiger partial charge in [-0.2, -0.15) is 0 Å². The lowest BCUT2D eigenvalue weighted by molar-refractivity contribution is 0.0907. The lowest BCUT2D eigenvalue weighted by atomic mass is 9.98. The number of nitrogens with zero attached hydrogens (tertiary/aromatic N) is 2. The first kappa shape index (κ1) is 12.2. The van der Waals surface area contributed by atoms with Crippen LogP contribution in [-0.2, 0) is 6.54 Å². The van der Waals surface area contributed by atoms with E-state index in [0.717, 1.165) is 10.7 Å². The van der Waals surface area contributed by atoms with E-state index < -0.39 is 5.54 Å². The summed E-state index contributed by atoms with van der Waals surface area (Å²) in [6.45, 7) is 4.11. The molecular weight excluding hydrogens is 236 g/mol. The highest BCUT2D eigenvalue weighted by Crippen LogP contribution is 2.20. The molecule has 6 heteroatoms. The molecule has 5 nitrogen and oxygen atoms in total. The summed E-state index contributed by atoms with van der Waals surface area (Å²) in [7, 11) is 1.87. The van der Waals surface area contributed by atoms with Crippen molar-refractivity contribution in [3.63, 3.8) is 0 Å². The highest BCUT2D eigenvalue weighted by molar-refractivity contribution is 7.15. The molecule has 0 unspecified atom stereocenters. The molecule has 0 saturated carbocycles. The molecule has 0 aromatic carbocycles. The molecule has 92 valence electrons. The van der Waals surface area contributed by atoms with Gasteiger partial charge in [0.05, 0.1) is 11.7 Å². The monoisotopic (exact) mass is 252 g/mol. The van der Waals surface area contributed by atoms with Crippen molar-refractivity contribution in [2.75, 3.05) is 7.05 Å². The van der Waals surface area contributed by atoms with Gasteiger partial charge in [0, 0.05) is 17.6 Å². The van der Waals surface area contributed by atoms with Crippen molar-refractivity contribution in [1.29, 1.82) is 0 Å². The minimum Gasteiger partial charge on any atom is -0.319 e. The van der Waals surface area contributed by atoms with Crippen LogP contribution in [0.5, 0.6) is 0 Å². The molecule has 0 bridgehead atoms. The van der Waals surface area contributed by atoms with Crippen LogP contribution in [0.25, 0.3) is 4.96 Å². The van der Waals surface area contributed by atoms with Gasteiger partial charge in [-0.3, -0.25) is 9.20 Å². The second kappa shape index (κ2) is 4.21. The Balaban J connectivity index is 2.54. The molecule has 2 aromatic rings. The van der Waals surface area contributed by atoms with E-state index in [-0.39, 0.29) is 5.78 Å². The molecule has 0 radical (unpaired) electrons. The lowest BCUT2D eigenvalue weighted by Gasteiger charge is -2.16. The highest BCUT2D eigenvalue weighted by atomic mass is 32.1. The summed E-state index contributed by atoms with van der Waals surface area (Å²) in [6.07, 6.45) is 1.60. The standard InChI is InChI=1S/C11H16N4OS/c1-11(2,12)9(16)8-5-14-10-15(8)7(4-13-3)6-17-10/h5-6,13H,4,12H2,1-3H3. The van der Waals surface area contributed by atoms with Gasteiger partial charge in [-0.15, -0.1) is 11.3 Å². The molecule has 3 N–H and O–H groups in total. The second-order valence-electron chi connectivity index (χ2n) is 4.57. The van der Waals surface area contributed by atoms with Crippen molar-refractivity contribution in [1.82, 2.24) is 14.7 Å². The van der Waals surface area contributed by atoms with Gasteiger partial charge in [0.15, 0.2) is 10.7 Å². The van der Waals surface area contributed by atoms with Gasteiger partial charge in [0.1, 0.15) is 5.69 Å². The average Bonchev–Trinajstić information content (AvgIpc) is 2.79. The van der Waals surface area contributed by atoms with Crippen molar-refractivity contribution in [3.8, 4) is 0 Å². The minimum atomic E-state index is -0.880. The molecule has 2 aromatic heterocycles. The molecule has 2 heterocycles. The van der Waals surface area contributed by atoms with Crippen molar-refractivity contribution in [2.24, 2.45) is 5.73 Å². The number of nitrogens with two attached hydrogens (primary N) is 1. The van der Waals surface area contributed by atoms with Crippen LogP contribution in [0.15, 0.2) is 11.6 Å². The number of hydrogen-bond acceptors (Lipinski definition) is 5. The Kier molecular flexibility index (Phi) is 3.03. The molecule has 0 atom stereocenters. The van der Waals surface area contributed by atoms with Crippen LogP contribution >= 0.6 is 11.3 Å². The topological polar surface area (TPSA) is 72.4 Å². The number of carbonyl (C=O) groups is 1. The SMILES string of the molecule is CNCc1csc2ncc(C(=O)C(C)(C)N)n12. The van der Waals surface area contributed by atoms with Crippen LogP contribution in [0.1, 0.15) is 30.0 Å². The smallest absolute Gasteiger partial charge is 0.200 e. The maximum Gasteiger partial charge on any atom is 0.200 e. The largest absolute Gasteiger partial charge is 0.319 e. The van der Waals surface area contributed by atoms with Crippen LogP contribution in [-0.4, -0.2) is 27.8 Å². The fourth-order valence-electron chi connectivity index (χ4n) is 1.66. The average molecular weight is 252 g/mol. The third-order valence-electron chi connectivity index (χ3n) is 2.49. The summed E-state index contributed by atoms with van der Waals surface area (Å²) in [5.41, 5.74) is 6.55. The normalized spacial score (nSPS) is 12.2. The quantitative estimate of drug-likeness (QED) is 0.797. The van der Waals surface area contributed by atoms with Gasteiger partial charge in [0.2, 0.25) is 0 Å². The number of ketones is 1. The maximum atomic E-state index is 12.2. The predicted molar refractivity (Wildman–Crippen MR) is 68.4 cm³/mol. The van der Waals surface area contributed by atoms with Crippen molar-refractivity contribution in [2.45, 2.75) is 25.9 Å². The molecule has 0 saturated heterocycles. The summed E-state index contributed by atoms with van der Waals surface area (Å²) in [5.74, 6) is -0.0965. The van der Waals surface area contributed by atoms with Gasteiger partial charge in [-0.25, -0.2) is 4.98 Å². The molecule has 17 heavy (non-hydrogen) atoms. The Hall–Kier alpha value is -1.24. The Morgan fingerprint density at radius 1 is 1.65 bits per heavy atom. The number of fused-ring (bicyclic) bond motifs is 1. The van der Waals surface area contributed by atoms with Gasteiger partial charge < -0.3 is 11.1 Å².